The first-order valence-electron chi connectivity index (χ1n) is 12.7. The predicted molar refractivity (Wildman–Crippen MR) is 130 cm³/mol. The Morgan fingerprint density at radius 1 is 1.25 bits per heavy atom. The highest BCUT2D eigenvalue weighted by molar-refractivity contribution is 6.07. The number of rotatable bonds is 7. The van der Waals surface area contributed by atoms with Gasteiger partial charge in [0, 0.05) is 25.7 Å². The van der Waals surface area contributed by atoms with Gasteiger partial charge >= 0.3 is 18.0 Å². The smallest absolute Gasteiger partial charge is 0.339 e. The molecule has 14 heteroatoms. The van der Waals surface area contributed by atoms with Gasteiger partial charge in [-0.2, -0.15) is 27.2 Å². The van der Waals surface area contributed by atoms with Crippen LogP contribution in [0.3, 0.4) is 0 Å². The Labute approximate surface area is 226 Å². The third-order valence-electron chi connectivity index (χ3n) is 7.88. The number of nitrogens with zero attached hydrogens (tertiary/aromatic N) is 3. The number of anilines is 1. The highest BCUT2D eigenvalue weighted by Crippen LogP contribution is 2.47. The number of fused-ring (bicyclic) bond motifs is 2. The van der Waals surface area contributed by atoms with Crippen LogP contribution in [0.15, 0.2) is 18.2 Å². The van der Waals surface area contributed by atoms with Crippen LogP contribution in [-0.2, 0) is 24.6 Å². The molecular formula is C26H28F5N5O4. The Morgan fingerprint density at radius 2 is 1.90 bits per heavy atom. The van der Waals surface area contributed by atoms with E-state index >= 15 is 0 Å². The minimum Gasteiger partial charge on any atom is -0.339 e. The van der Waals surface area contributed by atoms with Crippen LogP contribution in [0.4, 0.5) is 27.6 Å². The van der Waals surface area contributed by atoms with E-state index in [1.165, 1.54) is 17.3 Å². The molecule has 9 nitrogen and oxygen atoms in total. The van der Waals surface area contributed by atoms with Gasteiger partial charge in [-0.3, -0.25) is 19.2 Å². The summed E-state index contributed by atoms with van der Waals surface area (Å²) in [4.78, 5) is 53.8. The van der Waals surface area contributed by atoms with E-state index < -0.39 is 53.4 Å². The van der Waals surface area contributed by atoms with Crippen molar-refractivity contribution in [3.63, 3.8) is 0 Å². The molecule has 2 heterocycles. The molecular weight excluding hydrogens is 541 g/mol. The Bertz CT molecular complexity index is 1290. The SMILES string of the molecule is Cc1ccc2c(c1)[C@@]1(C[C@@H](C#N)N(C(=O)[C@H](CC3CC3)N(C)C(=O)[C@H](C)NC(=O)C(F)(F)C(F)(F)F)C1)C(=O)N2. The van der Waals surface area contributed by atoms with Crippen molar-refractivity contribution < 1.29 is 41.1 Å². The molecule has 40 heavy (non-hydrogen) atoms. The Hall–Kier alpha value is -3.76. The molecule has 1 saturated heterocycles. The van der Waals surface area contributed by atoms with Gasteiger partial charge in [0.25, 0.3) is 0 Å². The van der Waals surface area contributed by atoms with E-state index in [2.05, 4.69) is 11.4 Å². The molecule has 4 rings (SSSR count). The molecule has 3 aliphatic rings. The van der Waals surface area contributed by atoms with Gasteiger partial charge < -0.3 is 20.4 Å². The third-order valence-corrected chi connectivity index (χ3v) is 7.88. The topological polar surface area (TPSA) is 123 Å². The summed E-state index contributed by atoms with van der Waals surface area (Å²) >= 11 is 0. The average molecular weight is 570 g/mol. The molecule has 0 unspecified atom stereocenters. The van der Waals surface area contributed by atoms with Crippen molar-refractivity contribution in [1.82, 2.24) is 15.1 Å². The zero-order valence-corrected chi connectivity index (χ0v) is 21.9. The molecule has 4 amide bonds. The minimum absolute atomic E-state index is 0.0182. The summed E-state index contributed by atoms with van der Waals surface area (Å²) < 4.78 is 64.6. The van der Waals surface area contributed by atoms with Crippen molar-refractivity contribution >= 4 is 29.3 Å². The maximum Gasteiger partial charge on any atom is 0.463 e. The number of hydrogen-bond donors (Lipinski definition) is 2. The summed E-state index contributed by atoms with van der Waals surface area (Å²) in [6.45, 7) is 2.64. The van der Waals surface area contributed by atoms with Crippen molar-refractivity contribution in [2.45, 2.75) is 75.2 Å². The summed E-state index contributed by atoms with van der Waals surface area (Å²) in [6.07, 6.45) is -4.46. The Morgan fingerprint density at radius 3 is 2.48 bits per heavy atom. The summed E-state index contributed by atoms with van der Waals surface area (Å²) in [7, 11) is 1.19. The van der Waals surface area contributed by atoms with Gasteiger partial charge in [0.2, 0.25) is 17.7 Å². The summed E-state index contributed by atoms with van der Waals surface area (Å²) in [5, 5.41) is 14.1. The van der Waals surface area contributed by atoms with Crippen molar-refractivity contribution in [2.75, 3.05) is 18.9 Å². The lowest BCUT2D eigenvalue weighted by molar-refractivity contribution is -0.270. The highest BCUT2D eigenvalue weighted by atomic mass is 19.4. The summed E-state index contributed by atoms with van der Waals surface area (Å²) in [6, 6.07) is 3.40. The first-order valence-corrected chi connectivity index (χ1v) is 12.7. The van der Waals surface area contributed by atoms with Gasteiger partial charge in [-0.25, -0.2) is 0 Å². The van der Waals surface area contributed by atoms with E-state index in [4.69, 9.17) is 0 Å². The monoisotopic (exact) mass is 569 g/mol. The van der Waals surface area contributed by atoms with Gasteiger partial charge in [0.05, 0.1) is 11.5 Å². The molecule has 1 aromatic carbocycles. The standard InChI is InChI=1S/C26H28F5N5O4/c1-13-4-7-18-17(8-13)24(22(39)34-18)10-16(11-32)36(12-24)21(38)19(9-15-5-6-15)35(3)20(37)14(2)33-23(40)25(27,28)26(29,30)31/h4,7-8,14-16,19H,5-6,9-10,12H2,1-3H3,(H,33,40)(H,34,39)/t14-,16-,19-,24-/m0/s1. The number of hydrogen-bond acceptors (Lipinski definition) is 5. The third kappa shape index (κ3) is 4.97. The number of nitrogens with one attached hydrogen (secondary N) is 2. The number of amides is 4. The van der Waals surface area contributed by atoms with Gasteiger partial charge in [-0.1, -0.05) is 30.5 Å². The molecule has 4 atom stereocenters. The molecule has 1 saturated carbocycles. The van der Waals surface area contributed by atoms with Crippen molar-refractivity contribution in [3.8, 4) is 6.07 Å². The molecule has 216 valence electrons. The van der Waals surface area contributed by atoms with Crippen LogP contribution in [0, 0.1) is 24.2 Å². The van der Waals surface area contributed by atoms with Crippen LogP contribution < -0.4 is 10.6 Å². The van der Waals surface area contributed by atoms with Crippen LogP contribution in [0.25, 0.3) is 0 Å². The lowest BCUT2D eigenvalue weighted by Crippen LogP contribution is -2.58. The predicted octanol–water partition coefficient (Wildman–Crippen LogP) is 2.64. The minimum atomic E-state index is -6.15. The zero-order chi connectivity index (χ0) is 29.8. The average Bonchev–Trinajstić information content (AvgIpc) is 3.56. The normalized spacial score (nSPS) is 23.7. The number of nitriles is 1. The number of carbonyl (C=O) groups is 4. The molecule has 0 bridgehead atoms. The molecule has 0 radical (unpaired) electrons. The van der Waals surface area contributed by atoms with Crippen LogP contribution in [0.1, 0.15) is 43.7 Å². The second-order valence-corrected chi connectivity index (χ2v) is 10.8. The first-order chi connectivity index (χ1) is 18.5. The lowest BCUT2D eigenvalue weighted by Gasteiger charge is -2.34. The Balaban J connectivity index is 1.57. The van der Waals surface area contributed by atoms with Crippen molar-refractivity contribution in [1.29, 1.82) is 5.26 Å². The van der Waals surface area contributed by atoms with E-state index in [0.29, 0.717) is 11.3 Å². The van der Waals surface area contributed by atoms with Crippen molar-refractivity contribution in [3.05, 3.63) is 29.3 Å². The number of halogens is 5. The van der Waals surface area contributed by atoms with Crippen LogP contribution in [0.2, 0.25) is 0 Å². The molecule has 1 spiro atoms. The van der Waals surface area contributed by atoms with E-state index in [0.717, 1.165) is 30.2 Å². The van der Waals surface area contributed by atoms with E-state index in [1.807, 2.05) is 19.1 Å². The summed E-state index contributed by atoms with van der Waals surface area (Å²) in [5.74, 6) is -10.4. The summed E-state index contributed by atoms with van der Waals surface area (Å²) in [5.41, 5.74) is 0.910. The molecule has 2 fully saturated rings. The number of likely N-dealkylation sites (tertiary alicyclic amines) is 1. The molecule has 1 aliphatic carbocycles. The lowest BCUT2D eigenvalue weighted by atomic mass is 9.79. The fourth-order valence-corrected chi connectivity index (χ4v) is 5.36. The Kier molecular flexibility index (Phi) is 7.32. The number of benzene rings is 1. The first kappa shape index (κ1) is 29.2. The van der Waals surface area contributed by atoms with E-state index in [9.17, 15) is 46.4 Å². The number of alkyl halides is 5. The van der Waals surface area contributed by atoms with E-state index in [1.54, 1.807) is 6.07 Å². The van der Waals surface area contributed by atoms with Crippen LogP contribution >= 0.6 is 0 Å². The van der Waals surface area contributed by atoms with Gasteiger partial charge in [-0.05, 0) is 37.8 Å². The van der Waals surface area contributed by atoms with Crippen LogP contribution in [-0.4, -0.2) is 77.2 Å². The van der Waals surface area contributed by atoms with E-state index in [-0.39, 0.29) is 31.2 Å². The second kappa shape index (κ2) is 10.0. The second-order valence-electron chi connectivity index (χ2n) is 10.8. The molecule has 2 aliphatic heterocycles. The molecule has 0 aromatic heterocycles. The quantitative estimate of drug-likeness (QED) is 0.489. The zero-order valence-electron chi connectivity index (χ0n) is 21.9. The molecule has 2 N–H and O–H groups in total. The fourth-order valence-electron chi connectivity index (χ4n) is 5.36. The van der Waals surface area contributed by atoms with Crippen LogP contribution in [0.5, 0.6) is 0 Å². The highest BCUT2D eigenvalue weighted by Gasteiger charge is 2.64. The maximum absolute atomic E-state index is 13.9. The van der Waals surface area contributed by atoms with Gasteiger partial charge in [0.15, 0.2) is 0 Å². The fraction of sp³-hybridized carbons (Fsp3) is 0.577. The number of carbonyl (C=O) groups excluding carboxylic acids is 4. The van der Waals surface area contributed by atoms with Gasteiger partial charge in [0.1, 0.15) is 18.1 Å². The van der Waals surface area contributed by atoms with Gasteiger partial charge in [-0.15, -0.1) is 0 Å². The maximum atomic E-state index is 13.9. The van der Waals surface area contributed by atoms with Crippen molar-refractivity contribution in [2.24, 2.45) is 5.92 Å². The molecule has 1 aromatic rings. The largest absolute Gasteiger partial charge is 0.463 e. The number of aryl methyl sites for hydroxylation is 1. The number of likely N-dealkylation sites (N-methyl/N-ethyl adjacent to an activating group) is 1.